The number of rotatable bonds is 11. The molecule has 0 aliphatic rings. The second kappa shape index (κ2) is 11.0. The number of hydrogen-bond acceptors (Lipinski definition) is 5. The zero-order valence-corrected chi connectivity index (χ0v) is 17.8. The normalized spacial score (nSPS) is 11.7. The van der Waals surface area contributed by atoms with Crippen LogP contribution in [0.5, 0.6) is 0 Å². The Balaban J connectivity index is 1.61. The highest BCUT2D eigenvalue weighted by atomic mass is 32.2. The molecule has 0 heterocycles. The van der Waals surface area contributed by atoms with Crippen LogP contribution in [0.25, 0.3) is 0 Å². The molecule has 5 nitrogen and oxygen atoms in total. The van der Waals surface area contributed by atoms with Crippen LogP contribution in [-0.2, 0) is 37.0 Å². The van der Waals surface area contributed by atoms with Crippen molar-refractivity contribution < 1.29 is 22.1 Å². The van der Waals surface area contributed by atoms with E-state index in [1.54, 1.807) is 12.1 Å². The van der Waals surface area contributed by atoms with E-state index in [-0.39, 0.29) is 18.1 Å². The lowest BCUT2D eigenvalue weighted by Crippen LogP contribution is -2.28. The van der Waals surface area contributed by atoms with Gasteiger partial charge in [-0.25, -0.2) is 0 Å². The van der Waals surface area contributed by atoms with Crippen LogP contribution in [0.1, 0.15) is 16.7 Å². The Hall–Kier alpha value is -2.51. The molecule has 0 atom stereocenters. The third kappa shape index (κ3) is 7.07. The molecule has 0 fully saturated rings. The maximum absolute atomic E-state index is 12.7. The van der Waals surface area contributed by atoms with Crippen molar-refractivity contribution in [2.45, 2.75) is 31.1 Å². The van der Waals surface area contributed by atoms with Crippen molar-refractivity contribution >= 4 is 10.1 Å². The van der Waals surface area contributed by atoms with Gasteiger partial charge in [-0.3, -0.25) is 4.18 Å². The molecule has 3 aromatic rings. The molecule has 0 saturated carbocycles. The van der Waals surface area contributed by atoms with Crippen LogP contribution in [0, 0.1) is 6.92 Å². The molecule has 158 valence electrons. The molecule has 0 N–H and O–H groups in total. The summed E-state index contributed by atoms with van der Waals surface area (Å²) in [6, 6.07) is 25.9. The highest BCUT2D eigenvalue weighted by Gasteiger charge is 2.22. The van der Waals surface area contributed by atoms with E-state index in [1.165, 1.54) is 12.1 Å². The molecule has 6 heteroatoms. The number of hydrogen-bond donors (Lipinski definition) is 0. The van der Waals surface area contributed by atoms with E-state index < -0.39 is 16.2 Å². The van der Waals surface area contributed by atoms with Gasteiger partial charge in [0.05, 0.1) is 31.3 Å². The van der Waals surface area contributed by atoms with Gasteiger partial charge in [0.2, 0.25) is 0 Å². The summed E-state index contributed by atoms with van der Waals surface area (Å²) in [7, 11) is -3.93. The second-order valence-electron chi connectivity index (χ2n) is 6.99. The Bertz CT molecular complexity index is 941. The molecule has 0 amide bonds. The lowest BCUT2D eigenvalue weighted by atomic mass is 10.2. The van der Waals surface area contributed by atoms with E-state index in [4.69, 9.17) is 13.7 Å². The molecular formula is C24H26O5S. The van der Waals surface area contributed by atoms with Crippen molar-refractivity contribution in [3.63, 3.8) is 0 Å². The molecule has 0 saturated heterocycles. The summed E-state index contributed by atoms with van der Waals surface area (Å²) in [4.78, 5) is 0.115. The molecule has 0 spiro atoms. The predicted molar refractivity (Wildman–Crippen MR) is 115 cm³/mol. The van der Waals surface area contributed by atoms with Gasteiger partial charge in [0.1, 0.15) is 6.10 Å². The van der Waals surface area contributed by atoms with E-state index >= 15 is 0 Å². The average molecular weight is 427 g/mol. The quantitative estimate of drug-likeness (QED) is 0.423. The van der Waals surface area contributed by atoms with Gasteiger partial charge in [0.25, 0.3) is 10.1 Å². The van der Waals surface area contributed by atoms with Crippen molar-refractivity contribution in [3.05, 3.63) is 102 Å². The van der Waals surface area contributed by atoms with Gasteiger partial charge in [-0.1, -0.05) is 78.4 Å². The largest absolute Gasteiger partial charge is 0.374 e. The number of aryl methyl sites for hydroxylation is 1. The monoisotopic (exact) mass is 426 g/mol. The minimum absolute atomic E-state index is 0.0920. The Morgan fingerprint density at radius 3 is 1.63 bits per heavy atom. The van der Waals surface area contributed by atoms with E-state index in [0.717, 1.165) is 16.7 Å². The van der Waals surface area contributed by atoms with Crippen molar-refractivity contribution in [3.8, 4) is 0 Å². The molecule has 0 bridgehead atoms. The number of ether oxygens (including phenoxy) is 2. The first kappa shape index (κ1) is 22.2. The average Bonchev–Trinajstić information content (AvgIpc) is 2.75. The fourth-order valence-electron chi connectivity index (χ4n) is 2.81. The highest BCUT2D eigenvalue weighted by molar-refractivity contribution is 7.86. The van der Waals surface area contributed by atoms with Crippen LogP contribution in [0.15, 0.2) is 89.8 Å². The fourth-order valence-corrected chi connectivity index (χ4v) is 3.86. The van der Waals surface area contributed by atoms with Gasteiger partial charge in [-0.2, -0.15) is 8.42 Å². The molecule has 0 unspecified atom stereocenters. The molecule has 3 rings (SSSR count). The first-order valence-electron chi connectivity index (χ1n) is 9.76. The van der Waals surface area contributed by atoms with Crippen LogP contribution in [0.2, 0.25) is 0 Å². The van der Waals surface area contributed by atoms with Crippen LogP contribution in [-0.4, -0.2) is 27.7 Å². The zero-order chi connectivity index (χ0) is 21.2. The maximum Gasteiger partial charge on any atom is 0.297 e. The topological polar surface area (TPSA) is 61.8 Å². The Morgan fingerprint density at radius 2 is 1.17 bits per heavy atom. The molecule has 30 heavy (non-hydrogen) atoms. The Kier molecular flexibility index (Phi) is 8.16. The molecule has 0 aliphatic heterocycles. The van der Waals surface area contributed by atoms with Crippen LogP contribution < -0.4 is 0 Å². The summed E-state index contributed by atoms with van der Waals surface area (Å²) < 4.78 is 42.3. The molecule has 0 aliphatic carbocycles. The van der Waals surface area contributed by atoms with Gasteiger partial charge in [0, 0.05) is 0 Å². The van der Waals surface area contributed by atoms with E-state index in [9.17, 15) is 8.42 Å². The van der Waals surface area contributed by atoms with Crippen molar-refractivity contribution in [2.24, 2.45) is 0 Å². The standard InChI is InChI=1S/C24H26O5S/c1-20-12-14-24(15-13-20)30(25,26)29-23(18-27-16-21-8-4-2-5-9-21)19-28-17-22-10-6-3-7-11-22/h2-15,23H,16-19H2,1H3. The Labute approximate surface area is 178 Å². The first-order valence-corrected chi connectivity index (χ1v) is 11.2. The van der Waals surface area contributed by atoms with E-state index in [1.807, 2.05) is 67.6 Å². The number of benzene rings is 3. The molecule has 0 radical (unpaired) electrons. The minimum Gasteiger partial charge on any atom is -0.374 e. The van der Waals surface area contributed by atoms with Gasteiger partial charge in [0.15, 0.2) is 0 Å². The van der Waals surface area contributed by atoms with E-state index in [0.29, 0.717) is 13.2 Å². The summed E-state index contributed by atoms with van der Waals surface area (Å²) in [5.41, 5.74) is 2.98. The lowest BCUT2D eigenvalue weighted by Gasteiger charge is -2.18. The molecular weight excluding hydrogens is 400 g/mol. The fraction of sp³-hybridized carbons (Fsp3) is 0.250. The van der Waals surface area contributed by atoms with Crippen molar-refractivity contribution in [1.29, 1.82) is 0 Å². The summed E-state index contributed by atoms with van der Waals surface area (Å²) in [6.45, 7) is 2.81. The summed E-state index contributed by atoms with van der Waals surface area (Å²) in [5, 5.41) is 0. The van der Waals surface area contributed by atoms with Gasteiger partial charge in [-0.05, 0) is 30.2 Å². The van der Waals surface area contributed by atoms with Gasteiger partial charge < -0.3 is 9.47 Å². The van der Waals surface area contributed by atoms with Crippen LogP contribution in [0.3, 0.4) is 0 Å². The van der Waals surface area contributed by atoms with Crippen LogP contribution >= 0.6 is 0 Å². The predicted octanol–water partition coefficient (Wildman–Crippen LogP) is 4.50. The summed E-state index contributed by atoms with van der Waals surface area (Å²) in [6.07, 6.45) is -0.760. The van der Waals surface area contributed by atoms with Crippen LogP contribution in [0.4, 0.5) is 0 Å². The molecule has 0 aromatic heterocycles. The third-order valence-corrected chi connectivity index (χ3v) is 5.78. The second-order valence-corrected chi connectivity index (χ2v) is 8.56. The van der Waals surface area contributed by atoms with Gasteiger partial charge >= 0.3 is 0 Å². The highest BCUT2D eigenvalue weighted by Crippen LogP contribution is 2.16. The zero-order valence-electron chi connectivity index (χ0n) is 16.9. The third-order valence-electron chi connectivity index (χ3n) is 4.40. The van der Waals surface area contributed by atoms with E-state index in [2.05, 4.69) is 0 Å². The maximum atomic E-state index is 12.7. The smallest absolute Gasteiger partial charge is 0.297 e. The van der Waals surface area contributed by atoms with Crippen molar-refractivity contribution in [2.75, 3.05) is 13.2 Å². The van der Waals surface area contributed by atoms with Gasteiger partial charge in [-0.15, -0.1) is 0 Å². The SMILES string of the molecule is Cc1ccc(S(=O)(=O)OC(COCc2ccccc2)COCc2ccccc2)cc1. The Morgan fingerprint density at radius 1 is 0.700 bits per heavy atom. The first-order chi connectivity index (χ1) is 14.5. The lowest BCUT2D eigenvalue weighted by molar-refractivity contribution is -0.0130. The van der Waals surface area contributed by atoms with Crippen molar-refractivity contribution in [1.82, 2.24) is 0 Å². The molecule has 3 aromatic carbocycles. The summed E-state index contributed by atoms with van der Waals surface area (Å²) >= 11 is 0. The summed E-state index contributed by atoms with van der Waals surface area (Å²) in [5.74, 6) is 0. The minimum atomic E-state index is -3.93.